The van der Waals surface area contributed by atoms with E-state index in [1.807, 2.05) is 37.3 Å². The normalized spacial score (nSPS) is 12.1. The van der Waals surface area contributed by atoms with Crippen LogP contribution >= 0.6 is 23.2 Å². The second kappa shape index (κ2) is 8.85. The number of carbonyl (C=O) groups is 1. The number of para-hydroxylation sites is 1. The van der Waals surface area contributed by atoms with Crippen LogP contribution in [0.4, 0.5) is 0 Å². The predicted octanol–water partition coefficient (Wildman–Crippen LogP) is 5.56. The Morgan fingerprint density at radius 2 is 1.88 bits per heavy atom. The first-order valence-electron chi connectivity index (χ1n) is 10.4. The maximum atomic E-state index is 11.9. The van der Waals surface area contributed by atoms with Crippen LogP contribution in [-0.2, 0) is 0 Å². The molecule has 0 bridgehead atoms. The van der Waals surface area contributed by atoms with Gasteiger partial charge in [-0.1, -0.05) is 41.4 Å². The number of nitrogens with zero attached hydrogens (tertiary/aromatic N) is 4. The number of aromatic nitrogens is 4. The highest BCUT2D eigenvalue weighted by Crippen LogP contribution is 2.39. The number of amides is 1. The Balaban J connectivity index is 1.69. The van der Waals surface area contributed by atoms with Gasteiger partial charge >= 0.3 is 0 Å². The van der Waals surface area contributed by atoms with Crippen LogP contribution in [0.3, 0.4) is 0 Å². The van der Waals surface area contributed by atoms with Crippen LogP contribution in [0, 0.1) is 6.92 Å². The van der Waals surface area contributed by atoms with Gasteiger partial charge in [0.25, 0.3) is 5.91 Å². The van der Waals surface area contributed by atoms with E-state index in [2.05, 4.69) is 10.1 Å². The lowest BCUT2D eigenvalue weighted by atomic mass is 10.1. The van der Waals surface area contributed by atoms with Crippen molar-refractivity contribution in [2.24, 2.45) is 5.73 Å². The number of ether oxygens (including phenoxy) is 1. The van der Waals surface area contributed by atoms with Gasteiger partial charge in [0.1, 0.15) is 17.0 Å². The van der Waals surface area contributed by atoms with Crippen LogP contribution in [0.5, 0.6) is 5.75 Å². The molecule has 0 spiro atoms. The van der Waals surface area contributed by atoms with Gasteiger partial charge in [0, 0.05) is 29.7 Å². The number of nitrogens with two attached hydrogens (primary N) is 1. The smallest absolute Gasteiger partial charge is 0.265 e. The zero-order valence-corrected chi connectivity index (χ0v) is 19.5. The molecule has 1 amide bonds. The van der Waals surface area contributed by atoms with Gasteiger partial charge in [0.15, 0.2) is 0 Å². The standard InChI is InChI=1S/C25H19Cl2N5O2/c1-15-8-9-16-5-2-7-20(23(16)30-15)34-25(32-14-4-12-29-32)21-17(26)10-11-18(22(21)27)31-13-3-6-19(31)24(28)33/h2-14,25H,1H3,(H2,28,33). The summed E-state index contributed by atoms with van der Waals surface area (Å²) < 4.78 is 9.73. The summed E-state index contributed by atoms with van der Waals surface area (Å²) in [4.78, 5) is 16.6. The maximum Gasteiger partial charge on any atom is 0.265 e. The van der Waals surface area contributed by atoms with Crippen LogP contribution in [0.1, 0.15) is 28.0 Å². The van der Waals surface area contributed by atoms with Gasteiger partial charge in [0.05, 0.1) is 21.3 Å². The number of benzene rings is 2. The molecule has 0 radical (unpaired) electrons. The second-order valence-electron chi connectivity index (χ2n) is 7.66. The molecule has 5 aromatic rings. The van der Waals surface area contributed by atoms with Crippen LogP contribution in [0.15, 0.2) is 79.3 Å². The highest BCUT2D eigenvalue weighted by atomic mass is 35.5. The van der Waals surface area contributed by atoms with Crippen molar-refractivity contribution in [3.05, 3.63) is 106 Å². The molecule has 3 heterocycles. The fraction of sp³-hybridized carbons (Fsp3) is 0.0800. The van der Waals surface area contributed by atoms with Crippen molar-refractivity contribution in [2.45, 2.75) is 13.2 Å². The number of aryl methyl sites for hydroxylation is 1. The van der Waals surface area contributed by atoms with E-state index in [9.17, 15) is 4.79 Å². The zero-order chi connectivity index (χ0) is 23.8. The van der Waals surface area contributed by atoms with Crippen molar-refractivity contribution >= 4 is 40.0 Å². The summed E-state index contributed by atoms with van der Waals surface area (Å²) in [6.07, 6.45) is 4.30. The topological polar surface area (TPSA) is 88.0 Å². The van der Waals surface area contributed by atoms with Crippen molar-refractivity contribution in [2.75, 3.05) is 0 Å². The minimum atomic E-state index is -0.810. The summed E-state index contributed by atoms with van der Waals surface area (Å²) in [7, 11) is 0. The third-order valence-corrected chi connectivity index (χ3v) is 6.17. The highest BCUT2D eigenvalue weighted by molar-refractivity contribution is 6.37. The van der Waals surface area contributed by atoms with Crippen molar-refractivity contribution in [1.82, 2.24) is 19.3 Å². The Bertz CT molecular complexity index is 1510. The predicted molar refractivity (Wildman–Crippen MR) is 132 cm³/mol. The summed E-state index contributed by atoms with van der Waals surface area (Å²) >= 11 is 13.6. The number of hydrogen-bond acceptors (Lipinski definition) is 4. The molecule has 2 N–H and O–H groups in total. The molecule has 0 saturated carbocycles. The van der Waals surface area contributed by atoms with Gasteiger partial charge < -0.3 is 15.0 Å². The number of fused-ring (bicyclic) bond motifs is 1. The summed E-state index contributed by atoms with van der Waals surface area (Å²) in [5.74, 6) is -0.0207. The average molecular weight is 492 g/mol. The number of primary amides is 1. The molecule has 9 heteroatoms. The van der Waals surface area contributed by atoms with Crippen LogP contribution < -0.4 is 10.5 Å². The maximum absolute atomic E-state index is 11.9. The molecular formula is C25H19Cl2N5O2. The first-order valence-corrected chi connectivity index (χ1v) is 11.2. The van der Waals surface area contributed by atoms with E-state index in [0.717, 1.165) is 11.1 Å². The first kappa shape index (κ1) is 22.0. The number of rotatable bonds is 6. The van der Waals surface area contributed by atoms with Crippen molar-refractivity contribution in [3.63, 3.8) is 0 Å². The molecule has 170 valence electrons. The van der Waals surface area contributed by atoms with E-state index < -0.39 is 12.1 Å². The molecule has 0 aliphatic carbocycles. The molecule has 1 atom stereocenters. The van der Waals surface area contributed by atoms with E-state index in [4.69, 9.17) is 33.7 Å². The largest absolute Gasteiger partial charge is 0.462 e. The van der Waals surface area contributed by atoms with E-state index in [0.29, 0.717) is 38.3 Å². The molecule has 7 nitrogen and oxygen atoms in total. The minimum Gasteiger partial charge on any atom is -0.462 e. The second-order valence-corrected chi connectivity index (χ2v) is 8.44. The fourth-order valence-corrected chi connectivity index (χ4v) is 4.51. The summed E-state index contributed by atoms with van der Waals surface area (Å²) in [6, 6.07) is 18.2. The SMILES string of the molecule is Cc1ccc2cccc(OC(c3c(Cl)ccc(-n4cccc4C(N)=O)c3Cl)n3cccn3)c2n1. The van der Waals surface area contributed by atoms with Crippen molar-refractivity contribution in [1.29, 1.82) is 0 Å². The van der Waals surface area contributed by atoms with Gasteiger partial charge in [-0.25, -0.2) is 9.67 Å². The molecule has 34 heavy (non-hydrogen) atoms. The Morgan fingerprint density at radius 3 is 2.65 bits per heavy atom. The van der Waals surface area contributed by atoms with Crippen LogP contribution in [-0.4, -0.2) is 25.2 Å². The Labute approximate surface area is 205 Å². The summed E-state index contributed by atoms with van der Waals surface area (Å²) in [5, 5.41) is 6.00. The molecule has 5 rings (SSSR count). The third kappa shape index (κ3) is 3.89. The minimum absolute atomic E-state index is 0.292. The number of hydrogen-bond donors (Lipinski definition) is 1. The highest BCUT2D eigenvalue weighted by Gasteiger charge is 2.26. The molecule has 1 unspecified atom stereocenters. The first-order chi connectivity index (χ1) is 16.4. The van der Waals surface area contributed by atoms with Crippen molar-refractivity contribution < 1.29 is 9.53 Å². The van der Waals surface area contributed by atoms with Gasteiger partial charge in [0.2, 0.25) is 6.23 Å². The average Bonchev–Trinajstić information content (AvgIpc) is 3.51. The Kier molecular flexibility index (Phi) is 5.73. The lowest BCUT2D eigenvalue weighted by Crippen LogP contribution is -2.20. The van der Waals surface area contributed by atoms with Gasteiger partial charge in [-0.05, 0) is 49.4 Å². The van der Waals surface area contributed by atoms with Crippen LogP contribution in [0.2, 0.25) is 10.0 Å². The molecule has 0 aliphatic heterocycles. The van der Waals surface area contributed by atoms with Gasteiger partial charge in [-0.2, -0.15) is 5.10 Å². The Morgan fingerprint density at radius 1 is 1.03 bits per heavy atom. The molecular weight excluding hydrogens is 473 g/mol. The molecule has 0 fully saturated rings. The Hall–Kier alpha value is -3.81. The van der Waals surface area contributed by atoms with Crippen LogP contribution in [0.25, 0.3) is 16.6 Å². The third-order valence-electron chi connectivity index (χ3n) is 5.44. The zero-order valence-electron chi connectivity index (χ0n) is 18.0. The molecule has 0 saturated heterocycles. The van der Waals surface area contributed by atoms with Gasteiger partial charge in [-0.3, -0.25) is 4.79 Å². The lowest BCUT2D eigenvalue weighted by molar-refractivity contribution is 0.0994. The van der Waals surface area contributed by atoms with Gasteiger partial charge in [-0.15, -0.1) is 0 Å². The van der Waals surface area contributed by atoms with E-state index >= 15 is 0 Å². The lowest BCUT2D eigenvalue weighted by Gasteiger charge is -2.24. The van der Waals surface area contributed by atoms with E-state index in [-0.39, 0.29) is 0 Å². The van der Waals surface area contributed by atoms with E-state index in [1.54, 1.807) is 58.2 Å². The summed E-state index contributed by atoms with van der Waals surface area (Å²) in [5.41, 5.74) is 8.43. The van der Waals surface area contributed by atoms with E-state index in [1.165, 1.54) is 0 Å². The molecule has 2 aromatic carbocycles. The quantitative estimate of drug-likeness (QED) is 0.336. The number of carbonyl (C=O) groups excluding carboxylic acids is 1. The van der Waals surface area contributed by atoms with Crippen molar-refractivity contribution in [3.8, 4) is 11.4 Å². The molecule has 0 aliphatic rings. The molecule has 3 aromatic heterocycles. The number of pyridine rings is 1. The number of halogens is 2. The monoisotopic (exact) mass is 491 g/mol. The fourth-order valence-electron chi connectivity index (χ4n) is 3.86. The summed E-state index contributed by atoms with van der Waals surface area (Å²) in [6.45, 7) is 1.92.